The van der Waals surface area contributed by atoms with Crippen LogP contribution < -0.4 is 10.9 Å². The lowest BCUT2D eigenvalue weighted by atomic mass is 9.97. The molecule has 1 N–H and O–H groups in total. The summed E-state index contributed by atoms with van der Waals surface area (Å²) in [4.78, 5) is 26.1. The summed E-state index contributed by atoms with van der Waals surface area (Å²) in [7, 11) is 0. The normalized spacial score (nSPS) is 12.5. The Balaban J connectivity index is 1.58. The summed E-state index contributed by atoms with van der Waals surface area (Å²) in [5.41, 5.74) is 1.81. The van der Waals surface area contributed by atoms with E-state index in [4.69, 9.17) is 0 Å². The van der Waals surface area contributed by atoms with Crippen molar-refractivity contribution in [3.8, 4) is 0 Å². The lowest BCUT2D eigenvalue weighted by molar-refractivity contribution is -0.119. The zero-order valence-electron chi connectivity index (χ0n) is 20.6. The number of unbranched alkanes of at least 4 members (excludes halogenated alkanes) is 2. The number of rotatable bonds is 11. The van der Waals surface area contributed by atoms with Crippen LogP contribution in [0.5, 0.6) is 0 Å². The molecule has 0 aliphatic carbocycles. The molecule has 1 unspecified atom stereocenters. The zero-order chi connectivity index (χ0) is 24.8. The van der Waals surface area contributed by atoms with E-state index in [2.05, 4.69) is 48.4 Å². The molecule has 4 aromatic rings. The fourth-order valence-electron chi connectivity index (χ4n) is 4.35. The number of nitrogens with one attached hydrogen (secondary N) is 1. The molecule has 2 aromatic carbocycles. The predicted octanol–water partition coefficient (Wildman–Crippen LogP) is 5.23. The molecule has 184 valence electrons. The molecule has 0 bridgehead atoms. The maximum absolute atomic E-state index is 13.2. The maximum atomic E-state index is 13.2. The van der Waals surface area contributed by atoms with Gasteiger partial charge < -0.3 is 5.32 Å². The highest BCUT2D eigenvalue weighted by molar-refractivity contribution is 7.99. The number of thioether (sulfide) groups is 1. The number of carbonyl (C=O) groups excluding carboxylic acids is 1. The largest absolute Gasteiger partial charge is 0.349 e. The fraction of sp³-hybridized carbons (Fsp3) is 0.407. The minimum Gasteiger partial charge on any atom is -0.349 e. The molecule has 0 aliphatic heterocycles. The Labute approximate surface area is 210 Å². The van der Waals surface area contributed by atoms with Gasteiger partial charge in [-0.3, -0.25) is 18.6 Å². The van der Waals surface area contributed by atoms with Gasteiger partial charge in [0.05, 0.1) is 22.7 Å². The second kappa shape index (κ2) is 11.5. The standard InChI is InChI=1S/C27H33N5O2S/c1-4-5-11-16-31-25(34)21-14-9-10-15-23(21)32-26(31)29-30-27(32)35-18-24(33)28-22(17-19(2)3)20-12-7-6-8-13-20/h6-10,12-15,19,22H,4-5,11,16-18H2,1-3H3,(H,28,33). The first-order chi connectivity index (χ1) is 17.0. The number of aryl methyl sites for hydroxylation is 1. The lowest BCUT2D eigenvalue weighted by Gasteiger charge is -2.21. The summed E-state index contributed by atoms with van der Waals surface area (Å²) in [6.45, 7) is 7.05. The lowest BCUT2D eigenvalue weighted by Crippen LogP contribution is -2.31. The topological polar surface area (TPSA) is 81.3 Å². The molecule has 1 amide bonds. The van der Waals surface area contributed by atoms with Gasteiger partial charge in [0.1, 0.15) is 0 Å². The first kappa shape index (κ1) is 25.0. The van der Waals surface area contributed by atoms with Crippen molar-refractivity contribution in [3.63, 3.8) is 0 Å². The number of aromatic nitrogens is 4. The van der Waals surface area contributed by atoms with Crippen LogP contribution >= 0.6 is 11.8 Å². The van der Waals surface area contributed by atoms with Gasteiger partial charge in [-0.15, -0.1) is 10.2 Å². The third-order valence-corrected chi connectivity index (χ3v) is 6.97. The van der Waals surface area contributed by atoms with Crippen molar-refractivity contribution >= 4 is 34.3 Å². The molecule has 8 heteroatoms. The monoisotopic (exact) mass is 491 g/mol. The van der Waals surface area contributed by atoms with Crippen LogP contribution in [0.2, 0.25) is 0 Å². The van der Waals surface area contributed by atoms with Crippen LogP contribution in [0.4, 0.5) is 0 Å². The number of nitrogens with zero attached hydrogens (tertiary/aromatic N) is 4. The van der Waals surface area contributed by atoms with Crippen LogP contribution in [0.25, 0.3) is 16.7 Å². The Hall–Kier alpha value is -3.13. The van der Waals surface area contributed by atoms with Crippen LogP contribution in [0.1, 0.15) is 58.1 Å². The highest BCUT2D eigenvalue weighted by Gasteiger charge is 2.19. The van der Waals surface area contributed by atoms with Gasteiger partial charge in [0.2, 0.25) is 11.7 Å². The number of fused-ring (bicyclic) bond motifs is 3. The molecule has 0 spiro atoms. The van der Waals surface area contributed by atoms with E-state index in [0.29, 0.717) is 28.8 Å². The van der Waals surface area contributed by atoms with E-state index in [1.54, 1.807) is 4.57 Å². The van der Waals surface area contributed by atoms with Crippen LogP contribution in [0, 0.1) is 5.92 Å². The number of benzene rings is 2. The van der Waals surface area contributed by atoms with Gasteiger partial charge in [-0.05, 0) is 36.5 Å². The van der Waals surface area contributed by atoms with Gasteiger partial charge in [-0.1, -0.05) is 87.8 Å². The molecule has 0 saturated carbocycles. The van der Waals surface area contributed by atoms with Gasteiger partial charge >= 0.3 is 0 Å². The molecule has 4 rings (SSSR count). The molecule has 2 aromatic heterocycles. The van der Waals surface area contributed by atoms with Gasteiger partial charge in [-0.25, -0.2) is 0 Å². The first-order valence-electron chi connectivity index (χ1n) is 12.3. The van der Waals surface area contributed by atoms with Crippen molar-refractivity contribution in [1.29, 1.82) is 0 Å². The van der Waals surface area contributed by atoms with E-state index in [9.17, 15) is 9.59 Å². The second-order valence-electron chi connectivity index (χ2n) is 9.25. The second-order valence-corrected chi connectivity index (χ2v) is 10.2. The van der Waals surface area contributed by atoms with Crippen molar-refractivity contribution in [3.05, 3.63) is 70.5 Å². The van der Waals surface area contributed by atoms with Gasteiger partial charge in [0.25, 0.3) is 5.56 Å². The number of hydrogen-bond donors (Lipinski definition) is 1. The van der Waals surface area contributed by atoms with Gasteiger partial charge in [0, 0.05) is 6.54 Å². The van der Waals surface area contributed by atoms with Crippen molar-refractivity contribution in [2.75, 3.05) is 5.75 Å². The van der Waals surface area contributed by atoms with E-state index in [0.717, 1.165) is 36.8 Å². The van der Waals surface area contributed by atoms with Crippen LogP contribution in [0.15, 0.2) is 64.5 Å². The summed E-state index contributed by atoms with van der Waals surface area (Å²) in [6, 6.07) is 17.6. The Morgan fingerprint density at radius 1 is 1.03 bits per heavy atom. The zero-order valence-corrected chi connectivity index (χ0v) is 21.4. The quantitative estimate of drug-likeness (QED) is 0.229. The summed E-state index contributed by atoms with van der Waals surface area (Å²) in [5, 5.41) is 13.2. The summed E-state index contributed by atoms with van der Waals surface area (Å²) in [5.74, 6) is 1.13. The molecule has 35 heavy (non-hydrogen) atoms. The molecule has 0 radical (unpaired) electrons. The first-order valence-corrected chi connectivity index (χ1v) is 13.3. The van der Waals surface area contributed by atoms with Gasteiger partial charge in [-0.2, -0.15) is 0 Å². The van der Waals surface area contributed by atoms with Crippen LogP contribution in [0.3, 0.4) is 0 Å². The molecule has 0 fully saturated rings. The van der Waals surface area contributed by atoms with Crippen LogP contribution in [-0.4, -0.2) is 30.8 Å². The summed E-state index contributed by atoms with van der Waals surface area (Å²) in [6.07, 6.45) is 3.88. The number of amides is 1. The highest BCUT2D eigenvalue weighted by Crippen LogP contribution is 2.24. The summed E-state index contributed by atoms with van der Waals surface area (Å²) < 4.78 is 3.62. The van der Waals surface area contributed by atoms with Crippen molar-refractivity contribution < 1.29 is 4.79 Å². The number of hydrogen-bond acceptors (Lipinski definition) is 5. The third kappa shape index (κ3) is 5.75. The average Bonchev–Trinajstić information content (AvgIpc) is 3.29. The SMILES string of the molecule is CCCCCn1c(=O)c2ccccc2n2c(SCC(=O)NC(CC(C)C)c3ccccc3)nnc12. The average molecular weight is 492 g/mol. The predicted molar refractivity (Wildman–Crippen MR) is 142 cm³/mol. The Kier molecular flexibility index (Phi) is 8.23. The van der Waals surface area contributed by atoms with Gasteiger partial charge in [0.15, 0.2) is 5.16 Å². The molecule has 1 atom stereocenters. The van der Waals surface area contributed by atoms with Crippen LogP contribution in [-0.2, 0) is 11.3 Å². The molecule has 0 aliphatic rings. The Morgan fingerprint density at radius 2 is 1.77 bits per heavy atom. The molecular weight excluding hydrogens is 458 g/mol. The van der Waals surface area contributed by atoms with E-state index in [-0.39, 0.29) is 23.3 Å². The van der Waals surface area contributed by atoms with Crippen molar-refractivity contribution in [2.24, 2.45) is 5.92 Å². The maximum Gasteiger partial charge on any atom is 0.262 e. The molecule has 0 saturated heterocycles. The highest BCUT2D eigenvalue weighted by atomic mass is 32.2. The summed E-state index contributed by atoms with van der Waals surface area (Å²) >= 11 is 1.34. The smallest absolute Gasteiger partial charge is 0.262 e. The van der Waals surface area contributed by atoms with Crippen molar-refractivity contribution in [1.82, 2.24) is 24.5 Å². The van der Waals surface area contributed by atoms with Crippen molar-refractivity contribution in [2.45, 2.75) is 64.2 Å². The minimum atomic E-state index is -0.0539. The third-order valence-electron chi connectivity index (χ3n) is 6.04. The molecule has 2 heterocycles. The van der Waals surface area contributed by atoms with E-state index >= 15 is 0 Å². The number of para-hydroxylation sites is 1. The Bertz CT molecular complexity index is 1350. The van der Waals surface area contributed by atoms with E-state index in [1.165, 1.54) is 11.8 Å². The minimum absolute atomic E-state index is 0.0379. The number of carbonyl (C=O) groups is 1. The van der Waals surface area contributed by atoms with E-state index < -0.39 is 0 Å². The molecular formula is C27H33N5O2S. The molecule has 7 nitrogen and oxygen atoms in total. The Morgan fingerprint density at radius 3 is 2.51 bits per heavy atom. The van der Waals surface area contributed by atoms with E-state index in [1.807, 2.05) is 46.9 Å². The fourth-order valence-corrected chi connectivity index (χ4v) is 5.10.